The molecule has 0 amide bonds. The van der Waals surface area contributed by atoms with Crippen molar-refractivity contribution in [2.24, 2.45) is 0 Å². The van der Waals surface area contributed by atoms with Gasteiger partial charge in [0.15, 0.2) is 5.82 Å². The lowest BCUT2D eigenvalue weighted by Gasteiger charge is -2.27. The van der Waals surface area contributed by atoms with Gasteiger partial charge in [-0.3, -0.25) is 0 Å². The maximum atomic E-state index is 14.7. The van der Waals surface area contributed by atoms with Crippen LogP contribution < -0.4 is 19.7 Å². The van der Waals surface area contributed by atoms with E-state index in [1.807, 2.05) is 0 Å². The van der Waals surface area contributed by atoms with E-state index < -0.39 is 32.2 Å². The molecule has 0 saturated heterocycles. The Morgan fingerprint density at radius 1 is 0.745 bits per heavy atom. The molecule has 0 saturated carbocycles. The van der Waals surface area contributed by atoms with E-state index in [1.54, 1.807) is 72.8 Å². The topological polar surface area (TPSA) is 109 Å². The summed E-state index contributed by atoms with van der Waals surface area (Å²) in [7, 11) is 5.79. The zero-order valence-corrected chi connectivity index (χ0v) is 26.4. The Labute approximate surface area is 271 Å². The molecule has 1 aromatic heterocycles. The molecule has 15 heteroatoms. The fourth-order valence-corrected chi connectivity index (χ4v) is 6.76. The number of sulfonamides is 1. The first-order valence-electron chi connectivity index (χ1n) is 14.1. The smallest absolute Gasteiger partial charge is 0.417 e. The maximum Gasteiger partial charge on any atom is 0.417 e. The predicted octanol–water partition coefficient (Wildman–Crippen LogP) is 4.62. The van der Waals surface area contributed by atoms with Gasteiger partial charge in [-0.05, 0) is 69.6 Å². The number of methoxy groups -OCH3 is 3. The van der Waals surface area contributed by atoms with Crippen molar-refractivity contribution in [3.05, 3.63) is 107 Å². The lowest BCUT2D eigenvalue weighted by atomic mass is 9.88. The third-order valence-corrected chi connectivity index (χ3v) is 9.25. The molecule has 47 heavy (non-hydrogen) atoms. The van der Waals surface area contributed by atoms with Gasteiger partial charge in [0.05, 0.1) is 33.4 Å². The van der Waals surface area contributed by atoms with E-state index in [0.29, 0.717) is 40.0 Å². The van der Waals surface area contributed by atoms with Crippen LogP contribution >= 0.6 is 0 Å². The number of aromatic nitrogens is 4. The molecule has 0 atom stereocenters. The molecule has 1 heterocycles. The molecule has 0 aliphatic heterocycles. The number of ether oxygens (including phenoxy) is 3. The molecule has 5 rings (SSSR count). The minimum absolute atomic E-state index is 0.00289. The van der Waals surface area contributed by atoms with Crippen molar-refractivity contribution in [1.29, 1.82) is 0 Å². The van der Waals surface area contributed by atoms with Gasteiger partial charge in [-0.15, -0.1) is 5.10 Å². The summed E-state index contributed by atoms with van der Waals surface area (Å²) in [4.78, 5) is -1.06. The molecule has 0 aliphatic rings. The highest BCUT2D eigenvalue weighted by Crippen LogP contribution is 2.40. The normalized spacial score (nSPS) is 11.9. The molecule has 10 nitrogen and oxygen atoms in total. The van der Waals surface area contributed by atoms with E-state index in [0.717, 1.165) is 10.4 Å². The van der Waals surface area contributed by atoms with Crippen LogP contribution in [0.3, 0.4) is 0 Å². The number of rotatable bonds is 12. The van der Waals surface area contributed by atoms with Gasteiger partial charge in [0.2, 0.25) is 10.0 Å². The molecule has 2 radical (unpaired) electrons. The number of halogens is 3. The minimum Gasteiger partial charge on any atom is -0.497 e. The summed E-state index contributed by atoms with van der Waals surface area (Å²) >= 11 is 0. The number of nitrogens with zero attached hydrogens (tertiary/aromatic N) is 5. The Bertz CT molecular complexity index is 1890. The van der Waals surface area contributed by atoms with E-state index in [2.05, 4.69) is 15.5 Å². The highest BCUT2D eigenvalue weighted by molar-refractivity contribution is 7.89. The minimum atomic E-state index is -5.08. The number of alkyl halides is 3. The summed E-state index contributed by atoms with van der Waals surface area (Å²) in [5, 5.41) is 11.6. The standard InChI is InChI=1S/C32H29BF3N5O5S/c1-44-24-10-4-21(5-11-24)18-40(19-22-6-12-25(45-2)13-7-22)47(42,43)30-27(32(34,35)36)16-17-28(33)29(30)31-37-38-39-41(31)20-23-8-14-26(46-3)15-9-23/h4-17H,18-20H2,1-3H3. The Morgan fingerprint density at radius 3 is 1.66 bits per heavy atom. The Morgan fingerprint density at radius 2 is 1.21 bits per heavy atom. The van der Waals surface area contributed by atoms with Gasteiger partial charge in [0.1, 0.15) is 30.0 Å². The van der Waals surface area contributed by atoms with Crippen LogP contribution in [0.2, 0.25) is 0 Å². The van der Waals surface area contributed by atoms with E-state index in [-0.39, 0.29) is 30.9 Å². The first kappa shape index (κ1) is 33.5. The molecule has 5 aromatic rings. The van der Waals surface area contributed by atoms with E-state index in [9.17, 15) is 21.6 Å². The van der Waals surface area contributed by atoms with Gasteiger partial charge < -0.3 is 14.2 Å². The first-order chi connectivity index (χ1) is 22.4. The molecule has 0 fully saturated rings. The summed E-state index contributed by atoms with van der Waals surface area (Å²) in [6, 6.07) is 21.6. The number of hydrogen-bond donors (Lipinski definition) is 0. The maximum absolute atomic E-state index is 14.7. The lowest BCUT2D eigenvalue weighted by Crippen LogP contribution is -2.34. The number of tetrazole rings is 1. The van der Waals surface area contributed by atoms with Gasteiger partial charge in [0, 0.05) is 18.7 Å². The van der Waals surface area contributed by atoms with E-state index >= 15 is 0 Å². The second-order valence-electron chi connectivity index (χ2n) is 10.4. The summed E-state index contributed by atoms with van der Waals surface area (Å²) in [6.07, 6.45) is -5.08. The van der Waals surface area contributed by atoms with Gasteiger partial charge in [-0.2, -0.15) is 17.5 Å². The van der Waals surface area contributed by atoms with E-state index in [1.165, 1.54) is 26.0 Å². The third kappa shape index (κ3) is 7.41. The highest BCUT2D eigenvalue weighted by atomic mass is 32.2. The first-order valence-corrected chi connectivity index (χ1v) is 15.5. The van der Waals surface area contributed by atoms with Crippen LogP contribution in [-0.4, -0.2) is 62.1 Å². The SMILES string of the molecule is [B]c1ccc(C(F)(F)F)c(S(=O)(=O)N(Cc2ccc(OC)cc2)Cc2ccc(OC)cc2)c1-c1nnnn1Cc1ccc(OC)cc1. The van der Waals surface area contributed by atoms with Crippen molar-refractivity contribution in [2.75, 3.05) is 21.3 Å². The van der Waals surface area contributed by atoms with Gasteiger partial charge in [0.25, 0.3) is 0 Å². The van der Waals surface area contributed by atoms with Crippen molar-refractivity contribution in [3.8, 4) is 28.6 Å². The predicted molar refractivity (Wildman–Crippen MR) is 168 cm³/mol. The van der Waals surface area contributed by atoms with Crippen LogP contribution in [0.1, 0.15) is 22.3 Å². The lowest BCUT2D eigenvalue weighted by molar-refractivity contribution is -0.139. The van der Waals surface area contributed by atoms with Crippen molar-refractivity contribution in [3.63, 3.8) is 0 Å². The molecule has 4 aromatic carbocycles. The number of hydrogen-bond acceptors (Lipinski definition) is 8. The van der Waals surface area contributed by atoms with Gasteiger partial charge in [-0.25, -0.2) is 13.1 Å². The zero-order chi connectivity index (χ0) is 33.8. The van der Waals surface area contributed by atoms with Crippen molar-refractivity contribution >= 4 is 23.3 Å². The summed E-state index contributed by atoms with van der Waals surface area (Å²) in [6.45, 7) is -0.551. The quantitative estimate of drug-likeness (QED) is 0.178. The third-order valence-electron chi connectivity index (χ3n) is 7.38. The molecule has 0 bridgehead atoms. The monoisotopic (exact) mass is 663 g/mol. The van der Waals surface area contributed by atoms with Crippen LogP contribution in [-0.2, 0) is 35.8 Å². The van der Waals surface area contributed by atoms with Crippen molar-refractivity contribution in [1.82, 2.24) is 24.5 Å². The second-order valence-corrected chi connectivity index (χ2v) is 12.3. The fourth-order valence-electron chi connectivity index (χ4n) is 4.94. The largest absolute Gasteiger partial charge is 0.497 e. The average Bonchev–Trinajstić information content (AvgIpc) is 3.52. The second kappa shape index (κ2) is 13.9. The Kier molecular flexibility index (Phi) is 9.87. The van der Waals surface area contributed by atoms with Crippen LogP contribution in [0, 0.1) is 0 Å². The van der Waals surface area contributed by atoms with E-state index in [4.69, 9.17) is 22.1 Å². The molecule has 0 unspecified atom stereocenters. The Hall–Kier alpha value is -4.89. The summed E-state index contributed by atoms with van der Waals surface area (Å²) in [5.41, 5.74) is -0.438. The molecule has 0 N–H and O–H groups in total. The molecular weight excluding hydrogens is 634 g/mol. The van der Waals surface area contributed by atoms with Crippen molar-refractivity contribution < 1.29 is 35.8 Å². The number of benzene rings is 4. The highest BCUT2D eigenvalue weighted by Gasteiger charge is 2.42. The molecule has 242 valence electrons. The van der Waals surface area contributed by atoms with Crippen LogP contribution in [0.25, 0.3) is 11.4 Å². The van der Waals surface area contributed by atoms with Crippen LogP contribution in [0.4, 0.5) is 13.2 Å². The fraction of sp³-hybridized carbons (Fsp3) is 0.219. The van der Waals surface area contributed by atoms with Gasteiger partial charge >= 0.3 is 6.18 Å². The van der Waals surface area contributed by atoms with Crippen LogP contribution in [0.5, 0.6) is 17.2 Å². The molecule has 0 spiro atoms. The zero-order valence-electron chi connectivity index (χ0n) is 25.6. The Balaban J connectivity index is 1.68. The molecule has 0 aliphatic carbocycles. The van der Waals surface area contributed by atoms with Crippen LogP contribution in [0.15, 0.2) is 89.8 Å². The average molecular weight is 663 g/mol. The van der Waals surface area contributed by atoms with Crippen molar-refractivity contribution in [2.45, 2.75) is 30.7 Å². The summed E-state index contributed by atoms with van der Waals surface area (Å²) < 4.78 is 91.3. The van der Waals surface area contributed by atoms with Gasteiger partial charge in [-0.1, -0.05) is 47.9 Å². The summed E-state index contributed by atoms with van der Waals surface area (Å²) in [5.74, 6) is 1.39. The molecular formula is C32H29BF3N5O5S.